The first-order valence-electron chi connectivity index (χ1n) is 4.30. The van der Waals surface area contributed by atoms with Crippen molar-refractivity contribution in [2.45, 2.75) is 33.1 Å². The molecule has 0 amide bonds. The van der Waals surface area contributed by atoms with Crippen LogP contribution in [0.4, 0.5) is 0 Å². The number of Topliss-reactive ketones (excluding diaryl/α,β-unsaturated/α-hetero) is 2. The first-order chi connectivity index (χ1) is 5.68. The van der Waals surface area contributed by atoms with Crippen molar-refractivity contribution in [3.8, 4) is 0 Å². The minimum absolute atomic E-state index is 0.296. The second-order valence-electron chi connectivity index (χ2n) is 2.70. The van der Waals surface area contributed by atoms with Gasteiger partial charge in [-0.15, -0.1) is 0 Å². The molecule has 0 aliphatic heterocycles. The third kappa shape index (κ3) is 6.04. The van der Waals surface area contributed by atoms with E-state index in [1.807, 2.05) is 6.92 Å². The maximum atomic E-state index is 10.8. The van der Waals surface area contributed by atoms with Gasteiger partial charge in [0.05, 0.1) is 0 Å². The van der Waals surface area contributed by atoms with Crippen molar-refractivity contribution in [2.24, 2.45) is 0 Å². The first kappa shape index (κ1) is 11.3. The van der Waals surface area contributed by atoms with Crippen LogP contribution in [-0.2, 0) is 14.3 Å². The second kappa shape index (κ2) is 6.98. The molecule has 0 saturated carbocycles. The molecule has 0 atom stereocenters. The molecule has 0 aliphatic carbocycles. The summed E-state index contributed by atoms with van der Waals surface area (Å²) in [4.78, 5) is 21.2. The Labute approximate surface area is 73.1 Å². The summed E-state index contributed by atoms with van der Waals surface area (Å²) in [6, 6.07) is 0. The molecule has 0 unspecified atom stereocenters. The Hall–Kier alpha value is -0.700. The number of hydrogen-bond acceptors (Lipinski definition) is 3. The smallest absolute Gasteiger partial charge is 0.198 e. The van der Waals surface area contributed by atoms with Crippen molar-refractivity contribution in [1.82, 2.24) is 0 Å². The Kier molecular flexibility index (Phi) is 6.57. The van der Waals surface area contributed by atoms with Crippen molar-refractivity contribution in [3.63, 3.8) is 0 Å². The molecule has 3 heteroatoms. The molecule has 0 fully saturated rings. The van der Waals surface area contributed by atoms with Gasteiger partial charge in [-0.1, -0.05) is 6.92 Å². The molecule has 0 aromatic rings. The number of hydrogen-bond donors (Lipinski definition) is 0. The van der Waals surface area contributed by atoms with Crippen molar-refractivity contribution >= 4 is 11.6 Å². The van der Waals surface area contributed by atoms with Gasteiger partial charge < -0.3 is 4.74 Å². The van der Waals surface area contributed by atoms with E-state index in [4.69, 9.17) is 4.74 Å². The Morgan fingerprint density at radius 3 is 2.42 bits per heavy atom. The predicted octanol–water partition coefficient (Wildman–Crippen LogP) is 1.35. The summed E-state index contributed by atoms with van der Waals surface area (Å²) < 4.78 is 5.15. The van der Waals surface area contributed by atoms with E-state index in [2.05, 4.69) is 0 Å². The highest BCUT2D eigenvalue weighted by atomic mass is 16.5. The molecule has 3 nitrogen and oxygen atoms in total. The molecule has 12 heavy (non-hydrogen) atoms. The van der Waals surface area contributed by atoms with Gasteiger partial charge in [-0.2, -0.15) is 0 Å². The summed E-state index contributed by atoms with van der Waals surface area (Å²) in [5.74, 6) is -0.652. The number of rotatable bonds is 7. The van der Waals surface area contributed by atoms with E-state index in [-0.39, 0.29) is 11.6 Å². The van der Waals surface area contributed by atoms with Gasteiger partial charge in [0.2, 0.25) is 0 Å². The van der Waals surface area contributed by atoms with Crippen molar-refractivity contribution in [3.05, 3.63) is 0 Å². The van der Waals surface area contributed by atoms with Crippen LogP contribution in [0.3, 0.4) is 0 Å². The fourth-order valence-electron chi connectivity index (χ4n) is 0.757. The van der Waals surface area contributed by atoms with Gasteiger partial charge in [0.15, 0.2) is 11.6 Å². The lowest BCUT2D eigenvalue weighted by Gasteiger charge is -1.99. The minimum Gasteiger partial charge on any atom is -0.381 e. The summed E-state index contributed by atoms with van der Waals surface area (Å²) in [6.45, 7) is 4.64. The first-order valence-corrected chi connectivity index (χ1v) is 4.30. The number of carbonyl (C=O) groups excluding carboxylic acids is 2. The molecule has 0 N–H and O–H groups in total. The zero-order chi connectivity index (χ0) is 9.40. The molecule has 0 aromatic carbocycles. The lowest BCUT2D eigenvalue weighted by molar-refractivity contribution is -0.135. The van der Waals surface area contributed by atoms with Gasteiger partial charge >= 0.3 is 0 Å². The summed E-state index contributed by atoms with van der Waals surface area (Å²) in [5.41, 5.74) is 0. The van der Waals surface area contributed by atoms with Crippen LogP contribution in [0, 0.1) is 0 Å². The monoisotopic (exact) mass is 172 g/mol. The number of ketones is 2. The van der Waals surface area contributed by atoms with Gasteiger partial charge in [-0.25, -0.2) is 0 Å². The van der Waals surface area contributed by atoms with E-state index in [0.29, 0.717) is 19.4 Å². The SMILES string of the molecule is CCCOCCCC(=O)C(C)=O. The van der Waals surface area contributed by atoms with Gasteiger partial charge in [-0.3, -0.25) is 9.59 Å². The van der Waals surface area contributed by atoms with Crippen LogP contribution in [0.5, 0.6) is 0 Å². The molecule has 0 rings (SSSR count). The lowest BCUT2D eigenvalue weighted by Crippen LogP contribution is -2.10. The fourth-order valence-corrected chi connectivity index (χ4v) is 0.757. The molecule has 0 aliphatic rings. The predicted molar refractivity (Wildman–Crippen MR) is 46.0 cm³/mol. The van der Waals surface area contributed by atoms with Crippen molar-refractivity contribution < 1.29 is 14.3 Å². The molecule has 0 aromatic heterocycles. The Morgan fingerprint density at radius 2 is 1.92 bits per heavy atom. The third-order valence-corrected chi connectivity index (χ3v) is 1.43. The number of carbonyl (C=O) groups is 2. The van der Waals surface area contributed by atoms with Gasteiger partial charge in [0.25, 0.3) is 0 Å². The molecule has 0 bridgehead atoms. The second-order valence-corrected chi connectivity index (χ2v) is 2.70. The van der Waals surface area contributed by atoms with Crippen LogP contribution >= 0.6 is 0 Å². The Morgan fingerprint density at radius 1 is 1.25 bits per heavy atom. The average molecular weight is 172 g/mol. The molecule has 70 valence electrons. The van der Waals surface area contributed by atoms with E-state index >= 15 is 0 Å². The molecular formula is C9H16O3. The molecule has 0 saturated heterocycles. The van der Waals surface area contributed by atoms with Gasteiger partial charge in [0.1, 0.15) is 0 Å². The summed E-state index contributed by atoms with van der Waals surface area (Å²) >= 11 is 0. The van der Waals surface area contributed by atoms with E-state index in [1.165, 1.54) is 6.92 Å². The zero-order valence-corrected chi connectivity index (χ0v) is 7.76. The molecule has 0 spiro atoms. The maximum absolute atomic E-state index is 10.8. The van der Waals surface area contributed by atoms with Crippen molar-refractivity contribution in [2.75, 3.05) is 13.2 Å². The quantitative estimate of drug-likeness (QED) is 0.430. The normalized spacial score (nSPS) is 9.83. The highest BCUT2D eigenvalue weighted by Crippen LogP contribution is 1.93. The van der Waals surface area contributed by atoms with Crippen LogP contribution in [0.2, 0.25) is 0 Å². The van der Waals surface area contributed by atoms with Crippen LogP contribution in [0.1, 0.15) is 33.1 Å². The standard InChI is InChI=1S/C9H16O3/c1-3-6-12-7-4-5-9(11)8(2)10/h3-7H2,1-2H3. The third-order valence-electron chi connectivity index (χ3n) is 1.43. The van der Waals surface area contributed by atoms with Crippen LogP contribution in [-0.4, -0.2) is 24.8 Å². The Bertz CT molecular complexity index is 152. The van der Waals surface area contributed by atoms with E-state index in [9.17, 15) is 9.59 Å². The van der Waals surface area contributed by atoms with Gasteiger partial charge in [-0.05, 0) is 12.8 Å². The topological polar surface area (TPSA) is 43.4 Å². The molecule has 0 radical (unpaired) electrons. The van der Waals surface area contributed by atoms with E-state index in [0.717, 1.165) is 13.0 Å². The zero-order valence-electron chi connectivity index (χ0n) is 7.76. The van der Waals surface area contributed by atoms with E-state index in [1.54, 1.807) is 0 Å². The van der Waals surface area contributed by atoms with Crippen LogP contribution in [0.25, 0.3) is 0 Å². The highest BCUT2D eigenvalue weighted by Gasteiger charge is 2.05. The minimum atomic E-state index is -0.356. The molecular weight excluding hydrogens is 156 g/mol. The lowest BCUT2D eigenvalue weighted by atomic mass is 10.2. The van der Waals surface area contributed by atoms with Crippen LogP contribution < -0.4 is 0 Å². The Balaban J connectivity index is 3.20. The molecule has 0 heterocycles. The average Bonchev–Trinajstić information content (AvgIpc) is 2.03. The summed E-state index contributed by atoms with van der Waals surface area (Å²) in [5, 5.41) is 0. The summed E-state index contributed by atoms with van der Waals surface area (Å²) in [7, 11) is 0. The van der Waals surface area contributed by atoms with Crippen molar-refractivity contribution in [1.29, 1.82) is 0 Å². The number of ether oxygens (including phenoxy) is 1. The summed E-state index contributed by atoms with van der Waals surface area (Å²) in [6.07, 6.45) is 1.96. The largest absolute Gasteiger partial charge is 0.381 e. The fraction of sp³-hybridized carbons (Fsp3) is 0.778. The van der Waals surface area contributed by atoms with E-state index < -0.39 is 0 Å². The van der Waals surface area contributed by atoms with Crippen LogP contribution in [0.15, 0.2) is 0 Å². The van der Waals surface area contributed by atoms with Gasteiger partial charge in [0, 0.05) is 26.6 Å². The maximum Gasteiger partial charge on any atom is 0.198 e. The highest BCUT2D eigenvalue weighted by molar-refractivity contribution is 6.36.